The zero-order valence-electron chi connectivity index (χ0n) is 14.0. The van der Waals surface area contributed by atoms with Crippen LogP contribution in [0.1, 0.15) is 10.6 Å². The molecule has 0 atom stereocenters. The van der Waals surface area contributed by atoms with Gasteiger partial charge >= 0.3 is 0 Å². The largest absolute Gasteiger partial charge is 0.303 e. The van der Waals surface area contributed by atoms with Gasteiger partial charge < -0.3 is 9.30 Å². The first-order chi connectivity index (χ1) is 12.8. The smallest absolute Gasteiger partial charge is 0.251 e. The first-order valence-electron chi connectivity index (χ1n) is 8.30. The van der Waals surface area contributed by atoms with E-state index < -0.39 is 0 Å². The number of amides is 1. The average Bonchev–Trinajstić information content (AvgIpc) is 3.35. The van der Waals surface area contributed by atoms with E-state index in [0.29, 0.717) is 6.54 Å². The fourth-order valence-corrected chi connectivity index (χ4v) is 3.42. The highest BCUT2D eigenvalue weighted by Crippen LogP contribution is 2.19. The lowest BCUT2D eigenvalue weighted by atomic mass is 10.2. The Labute approximate surface area is 155 Å². The van der Waals surface area contributed by atoms with Crippen molar-refractivity contribution in [3.05, 3.63) is 95.1 Å². The van der Waals surface area contributed by atoms with Crippen LogP contribution in [0, 0.1) is 0 Å². The molecular formula is C21H17N3OS. The maximum atomic E-state index is 12.9. The highest BCUT2D eigenvalue weighted by Gasteiger charge is 2.16. The highest BCUT2D eigenvalue weighted by molar-refractivity contribution is 7.10. The van der Waals surface area contributed by atoms with Crippen molar-refractivity contribution in [3.63, 3.8) is 0 Å². The number of benzene rings is 1. The second-order valence-corrected chi connectivity index (χ2v) is 6.77. The minimum Gasteiger partial charge on any atom is -0.303 e. The molecule has 4 rings (SSSR count). The van der Waals surface area contributed by atoms with E-state index in [1.54, 1.807) is 22.3 Å². The van der Waals surface area contributed by atoms with Crippen LogP contribution in [0.5, 0.6) is 0 Å². The Morgan fingerprint density at radius 1 is 1.08 bits per heavy atom. The van der Waals surface area contributed by atoms with Crippen LogP contribution in [0.4, 0.5) is 5.69 Å². The number of aromatic nitrogens is 2. The summed E-state index contributed by atoms with van der Waals surface area (Å²) in [6.45, 7) is 0.447. The third-order valence-electron chi connectivity index (χ3n) is 4.08. The lowest BCUT2D eigenvalue weighted by molar-refractivity contribution is -0.114. The van der Waals surface area contributed by atoms with E-state index in [1.165, 1.54) is 0 Å². The van der Waals surface area contributed by atoms with Gasteiger partial charge in [-0.05, 0) is 41.8 Å². The first kappa shape index (κ1) is 16.3. The van der Waals surface area contributed by atoms with Crippen molar-refractivity contribution in [2.24, 2.45) is 0 Å². The van der Waals surface area contributed by atoms with Crippen LogP contribution in [0.25, 0.3) is 11.7 Å². The van der Waals surface area contributed by atoms with Crippen LogP contribution in [0.2, 0.25) is 0 Å². The number of para-hydroxylation sites is 1. The number of rotatable bonds is 5. The summed E-state index contributed by atoms with van der Waals surface area (Å²) in [5.41, 5.74) is 2.69. The van der Waals surface area contributed by atoms with Crippen LogP contribution < -0.4 is 4.90 Å². The molecule has 0 unspecified atom stereocenters. The van der Waals surface area contributed by atoms with Crippen LogP contribution in [0.15, 0.2) is 84.5 Å². The summed E-state index contributed by atoms with van der Waals surface area (Å²) in [5.74, 6) is -0.0597. The zero-order chi connectivity index (χ0) is 17.8. The van der Waals surface area contributed by atoms with E-state index in [2.05, 4.69) is 4.98 Å². The second-order valence-electron chi connectivity index (χ2n) is 5.79. The van der Waals surface area contributed by atoms with Gasteiger partial charge in [-0.15, -0.1) is 11.3 Å². The normalized spacial score (nSPS) is 11.2. The number of hydrogen-bond donors (Lipinski definition) is 0. The van der Waals surface area contributed by atoms with Gasteiger partial charge in [-0.1, -0.05) is 30.3 Å². The van der Waals surface area contributed by atoms with E-state index in [0.717, 1.165) is 21.9 Å². The minimum absolute atomic E-state index is 0.0597. The summed E-state index contributed by atoms with van der Waals surface area (Å²) in [6, 6.07) is 19.5. The second kappa shape index (κ2) is 7.37. The van der Waals surface area contributed by atoms with Crippen molar-refractivity contribution in [1.29, 1.82) is 0 Å². The molecule has 0 fully saturated rings. The quantitative estimate of drug-likeness (QED) is 0.487. The molecule has 0 bridgehead atoms. The summed E-state index contributed by atoms with van der Waals surface area (Å²) >= 11 is 1.61. The van der Waals surface area contributed by atoms with E-state index in [9.17, 15) is 4.79 Å². The Morgan fingerprint density at radius 2 is 1.92 bits per heavy atom. The topological polar surface area (TPSA) is 37.6 Å². The van der Waals surface area contributed by atoms with Gasteiger partial charge in [-0.3, -0.25) is 4.79 Å². The molecule has 0 aliphatic rings. The third-order valence-corrected chi connectivity index (χ3v) is 4.92. The number of carbonyl (C=O) groups is 1. The molecule has 5 heteroatoms. The molecule has 1 amide bonds. The van der Waals surface area contributed by atoms with Gasteiger partial charge in [0, 0.05) is 22.8 Å². The predicted octanol–water partition coefficient (Wildman–Crippen LogP) is 4.64. The predicted molar refractivity (Wildman–Crippen MR) is 106 cm³/mol. The summed E-state index contributed by atoms with van der Waals surface area (Å²) in [4.78, 5) is 20.2. The van der Waals surface area contributed by atoms with E-state index in [1.807, 2.05) is 88.9 Å². The highest BCUT2D eigenvalue weighted by atomic mass is 32.1. The van der Waals surface area contributed by atoms with Gasteiger partial charge in [0.15, 0.2) is 0 Å². The number of anilines is 1. The van der Waals surface area contributed by atoms with Crippen LogP contribution in [-0.4, -0.2) is 15.3 Å². The number of hydrogen-bond acceptors (Lipinski definition) is 3. The molecule has 4 nitrogen and oxygen atoms in total. The van der Waals surface area contributed by atoms with Crippen molar-refractivity contribution >= 4 is 34.7 Å². The lowest BCUT2D eigenvalue weighted by Crippen LogP contribution is -2.29. The monoisotopic (exact) mass is 359 g/mol. The molecular weight excluding hydrogens is 342 g/mol. The van der Waals surface area contributed by atoms with Crippen LogP contribution in [0.3, 0.4) is 0 Å². The van der Waals surface area contributed by atoms with Crippen molar-refractivity contribution in [2.45, 2.75) is 6.54 Å². The molecule has 3 aromatic heterocycles. The van der Waals surface area contributed by atoms with Crippen molar-refractivity contribution in [2.75, 3.05) is 4.90 Å². The number of carbonyl (C=O) groups excluding carboxylic acids is 1. The van der Waals surface area contributed by atoms with Gasteiger partial charge in [0.05, 0.1) is 18.4 Å². The minimum atomic E-state index is -0.0597. The fourth-order valence-electron chi connectivity index (χ4n) is 2.80. The Kier molecular flexibility index (Phi) is 4.62. The molecule has 26 heavy (non-hydrogen) atoms. The molecule has 0 aliphatic heterocycles. The van der Waals surface area contributed by atoms with Gasteiger partial charge in [-0.2, -0.15) is 0 Å². The summed E-state index contributed by atoms with van der Waals surface area (Å²) < 4.78 is 2.01. The molecule has 128 valence electrons. The summed E-state index contributed by atoms with van der Waals surface area (Å²) in [5, 5.41) is 2.00. The zero-order valence-corrected chi connectivity index (χ0v) is 14.8. The van der Waals surface area contributed by atoms with Crippen LogP contribution in [-0.2, 0) is 11.3 Å². The maximum Gasteiger partial charge on any atom is 0.251 e. The molecule has 0 aliphatic carbocycles. The first-order valence-corrected chi connectivity index (χ1v) is 9.18. The number of pyridine rings is 1. The lowest BCUT2D eigenvalue weighted by Gasteiger charge is -2.21. The number of fused-ring (bicyclic) bond motifs is 1. The Hall–Kier alpha value is -3.18. The molecule has 3 heterocycles. The Bertz CT molecular complexity index is 1040. The standard InChI is InChI=1S/C21H17N3OS/c25-21(12-11-19-9-6-14-26-19)24(17-7-2-1-3-8-17)16-18-15-22-20-10-4-5-13-23(18)20/h1-15H,16H2/b12-11+. The fraction of sp³-hybridized carbons (Fsp3) is 0.0476. The maximum absolute atomic E-state index is 12.9. The van der Waals surface area contributed by atoms with Gasteiger partial charge in [-0.25, -0.2) is 4.98 Å². The van der Waals surface area contributed by atoms with Gasteiger partial charge in [0.25, 0.3) is 5.91 Å². The van der Waals surface area contributed by atoms with Crippen LogP contribution >= 0.6 is 11.3 Å². The third kappa shape index (κ3) is 3.43. The van der Waals surface area contributed by atoms with Gasteiger partial charge in [0.1, 0.15) is 5.65 Å². The molecule has 4 aromatic rings. The van der Waals surface area contributed by atoms with Crippen molar-refractivity contribution in [1.82, 2.24) is 9.38 Å². The van der Waals surface area contributed by atoms with E-state index >= 15 is 0 Å². The Balaban J connectivity index is 1.66. The van der Waals surface area contributed by atoms with Gasteiger partial charge in [0.2, 0.25) is 0 Å². The number of nitrogens with zero attached hydrogens (tertiary/aromatic N) is 3. The number of imidazole rings is 1. The molecule has 0 saturated carbocycles. The molecule has 0 radical (unpaired) electrons. The summed E-state index contributed by atoms with van der Waals surface area (Å²) in [7, 11) is 0. The van der Waals surface area contributed by atoms with E-state index in [-0.39, 0.29) is 5.91 Å². The summed E-state index contributed by atoms with van der Waals surface area (Å²) in [6.07, 6.45) is 7.27. The Morgan fingerprint density at radius 3 is 2.73 bits per heavy atom. The molecule has 0 N–H and O–H groups in total. The SMILES string of the molecule is O=C(/C=C/c1cccs1)N(Cc1cnc2ccccn12)c1ccccc1. The molecule has 0 saturated heterocycles. The van der Waals surface area contributed by atoms with E-state index in [4.69, 9.17) is 0 Å². The molecule has 1 aromatic carbocycles. The number of thiophene rings is 1. The van der Waals surface area contributed by atoms with Crippen molar-refractivity contribution in [3.8, 4) is 0 Å². The van der Waals surface area contributed by atoms with Crippen molar-refractivity contribution < 1.29 is 4.79 Å². The molecule has 0 spiro atoms. The average molecular weight is 359 g/mol.